The van der Waals surface area contributed by atoms with Gasteiger partial charge in [0.1, 0.15) is 18.2 Å². The molecule has 1 aliphatic rings. The summed E-state index contributed by atoms with van der Waals surface area (Å²) in [6, 6.07) is 14.5. The molecule has 0 radical (unpaired) electrons. The fourth-order valence-electron chi connectivity index (χ4n) is 2.64. The molecular formula is C19H16FNO2S. The Morgan fingerprint density at radius 2 is 1.96 bits per heavy atom. The molecule has 2 aromatic carbocycles. The van der Waals surface area contributed by atoms with Gasteiger partial charge < -0.3 is 10.1 Å². The number of amides is 1. The van der Waals surface area contributed by atoms with Gasteiger partial charge >= 0.3 is 0 Å². The van der Waals surface area contributed by atoms with Crippen LogP contribution < -0.4 is 10.1 Å². The van der Waals surface area contributed by atoms with Crippen molar-refractivity contribution in [2.75, 3.05) is 0 Å². The minimum atomic E-state index is -0.319. The van der Waals surface area contributed by atoms with E-state index in [1.165, 1.54) is 17.4 Å². The Balaban J connectivity index is 1.70. The topological polar surface area (TPSA) is 38.3 Å². The molecule has 0 saturated heterocycles. The van der Waals surface area contributed by atoms with E-state index in [2.05, 4.69) is 5.32 Å². The van der Waals surface area contributed by atoms with E-state index in [1.54, 1.807) is 6.07 Å². The lowest BCUT2D eigenvalue weighted by Crippen LogP contribution is -2.25. The number of thiophene rings is 1. The molecule has 122 valence electrons. The first-order valence-corrected chi connectivity index (χ1v) is 8.72. The molecule has 3 aromatic rings. The first-order chi connectivity index (χ1) is 11.7. The van der Waals surface area contributed by atoms with Crippen molar-refractivity contribution < 1.29 is 13.9 Å². The van der Waals surface area contributed by atoms with Crippen molar-refractivity contribution in [2.45, 2.75) is 25.5 Å². The number of nitrogens with one attached hydrogen (secondary N) is 1. The Morgan fingerprint density at radius 1 is 1.17 bits per heavy atom. The van der Waals surface area contributed by atoms with Gasteiger partial charge in [-0.2, -0.15) is 0 Å². The van der Waals surface area contributed by atoms with Gasteiger partial charge in [0.05, 0.1) is 4.88 Å². The summed E-state index contributed by atoms with van der Waals surface area (Å²) in [4.78, 5) is 13.1. The summed E-state index contributed by atoms with van der Waals surface area (Å²) in [5.74, 6) is 0.243. The van der Waals surface area contributed by atoms with E-state index in [9.17, 15) is 9.18 Å². The van der Waals surface area contributed by atoms with Crippen LogP contribution in [0, 0.1) is 5.82 Å². The number of hydrogen-bond donors (Lipinski definition) is 1. The average Bonchev–Trinajstić information content (AvgIpc) is 3.32. The molecule has 1 aliphatic carbocycles. The Bertz CT molecular complexity index is 887. The summed E-state index contributed by atoms with van der Waals surface area (Å²) >= 11 is 1.32. The number of halogens is 1. The van der Waals surface area contributed by atoms with E-state index in [4.69, 9.17) is 4.74 Å². The van der Waals surface area contributed by atoms with Crippen molar-refractivity contribution in [3.05, 3.63) is 64.8 Å². The van der Waals surface area contributed by atoms with Crippen LogP contribution in [-0.2, 0) is 6.61 Å². The molecule has 1 N–H and O–H groups in total. The maximum Gasteiger partial charge on any atom is 0.262 e. The molecule has 1 amide bonds. The number of para-hydroxylation sites is 1. The van der Waals surface area contributed by atoms with Crippen LogP contribution >= 0.6 is 11.3 Å². The molecule has 1 saturated carbocycles. The molecule has 0 bridgehead atoms. The standard InChI is InChI=1S/C19H16FNO2S/c20-15-7-4-8-16-17(15)14(11-23-13-5-2-1-3-6-13)18(24-16)19(22)21-12-9-10-12/h1-8,12H,9-11H2,(H,21,22). The summed E-state index contributed by atoms with van der Waals surface area (Å²) in [7, 11) is 0. The van der Waals surface area contributed by atoms with Crippen molar-refractivity contribution >= 4 is 27.3 Å². The third-order valence-corrected chi connectivity index (χ3v) is 5.20. The summed E-state index contributed by atoms with van der Waals surface area (Å²) in [5.41, 5.74) is 0.620. The van der Waals surface area contributed by atoms with Gasteiger partial charge in [0.2, 0.25) is 0 Å². The molecule has 0 aliphatic heterocycles. The number of fused-ring (bicyclic) bond motifs is 1. The van der Waals surface area contributed by atoms with Gasteiger partial charge in [0, 0.05) is 21.7 Å². The van der Waals surface area contributed by atoms with Gasteiger partial charge in [0.25, 0.3) is 5.91 Å². The predicted molar refractivity (Wildman–Crippen MR) is 93.0 cm³/mol. The third-order valence-electron chi connectivity index (χ3n) is 4.01. The number of hydrogen-bond acceptors (Lipinski definition) is 3. The van der Waals surface area contributed by atoms with Crippen molar-refractivity contribution in [2.24, 2.45) is 0 Å². The molecule has 0 atom stereocenters. The average molecular weight is 341 g/mol. The van der Waals surface area contributed by atoms with Crippen molar-refractivity contribution in [3.8, 4) is 5.75 Å². The smallest absolute Gasteiger partial charge is 0.262 e. The number of rotatable bonds is 5. The lowest BCUT2D eigenvalue weighted by Gasteiger charge is -2.08. The predicted octanol–water partition coefficient (Wildman–Crippen LogP) is 4.51. The van der Waals surface area contributed by atoms with Crippen LogP contribution in [0.1, 0.15) is 28.1 Å². The zero-order chi connectivity index (χ0) is 16.5. The van der Waals surface area contributed by atoms with E-state index in [0.717, 1.165) is 17.5 Å². The summed E-state index contributed by atoms with van der Waals surface area (Å²) < 4.78 is 20.9. The highest BCUT2D eigenvalue weighted by Crippen LogP contribution is 2.34. The number of carbonyl (C=O) groups excluding carboxylic acids is 1. The number of carbonyl (C=O) groups is 1. The van der Waals surface area contributed by atoms with Crippen molar-refractivity contribution in [1.29, 1.82) is 0 Å². The quantitative estimate of drug-likeness (QED) is 0.741. The minimum Gasteiger partial charge on any atom is -0.489 e. The monoisotopic (exact) mass is 341 g/mol. The maximum absolute atomic E-state index is 14.3. The Morgan fingerprint density at radius 3 is 2.71 bits per heavy atom. The van der Waals surface area contributed by atoms with Gasteiger partial charge in [-0.05, 0) is 37.1 Å². The van der Waals surface area contributed by atoms with Gasteiger partial charge in [-0.15, -0.1) is 11.3 Å². The van der Waals surface area contributed by atoms with E-state index in [-0.39, 0.29) is 24.4 Å². The molecule has 1 fully saturated rings. The Hall–Kier alpha value is -2.40. The van der Waals surface area contributed by atoms with Gasteiger partial charge in [-0.3, -0.25) is 4.79 Å². The molecule has 24 heavy (non-hydrogen) atoms. The van der Waals surface area contributed by atoms with E-state index < -0.39 is 0 Å². The highest BCUT2D eigenvalue weighted by Gasteiger charge is 2.27. The van der Waals surface area contributed by atoms with Gasteiger partial charge in [-0.1, -0.05) is 24.3 Å². The molecular weight excluding hydrogens is 325 g/mol. The second-order valence-corrected chi connectivity index (χ2v) is 6.92. The third kappa shape index (κ3) is 2.99. The molecule has 0 spiro atoms. The zero-order valence-corrected chi connectivity index (χ0v) is 13.7. The Kier molecular flexibility index (Phi) is 3.94. The molecule has 4 rings (SSSR count). The fourth-order valence-corrected chi connectivity index (χ4v) is 3.76. The van der Waals surface area contributed by atoms with Crippen molar-refractivity contribution in [1.82, 2.24) is 5.32 Å². The summed E-state index contributed by atoms with van der Waals surface area (Å²) in [5, 5.41) is 3.47. The zero-order valence-electron chi connectivity index (χ0n) is 12.9. The van der Waals surface area contributed by atoms with Crippen LogP contribution in [0.15, 0.2) is 48.5 Å². The molecule has 3 nitrogen and oxygen atoms in total. The second kappa shape index (κ2) is 6.24. The van der Waals surface area contributed by atoms with Crippen LogP contribution in [0.5, 0.6) is 5.75 Å². The first kappa shape index (κ1) is 15.1. The minimum absolute atomic E-state index is 0.134. The highest BCUT2D eigenvalue weighted by molar-refractivity contribution is 7.21. The van der Waals surface area contributed by atoms with Crippen LogP contribution in [0.3, 0.4) is 0 Å². The normalized spacial score (nSPS) is 13.9. The maximum atomic E-state index is 14.3. The van der Waals surface area contributed by atoms with Gasteiger partial charge in [-0.25, -0.2) is 4.39 Å². The number of ether oxygens (including phenoxy) is 1. The van der Waals surface area contributed by atoms with E-state index >= 15 is 0 Å². The SMILES string of the molecule is O=C(NC1CC1)c1sc2cccc(F)c2c1COc1ccccc1. The van der Waals surface area contributed by atoms with E-state index in [0.29, 0.717) is 21.6 Å². The Labute approximate surface area is 143 Å². The molecule has 0 unspecified atom stereocenters. The van der Waals surface area contributed by atoms with Crippen LogP contribution in [-0.4, -0.2) is 11.9 Å². The lowest BCUT2D eigenvalue weighted by atomic mass is 10.1. The molecule has 5 heteroatoms. The van der Waals surface area contributed by atoms with Crippen LogP contribution in [0.25, 0.3) is 10.1 Å². The fraction of sp³-hybridized carbons (Fsp3) is 0.211. The largest absolute Gasteiger partial charge is 0.489 e. The van der Waals surface area contributed by atoms with Crippen LogP contribution in [0.4, 0.5) is 4.39 Å². The molecule has 1 heterocycles. The first-order valence-electron chi connectivity index (χ1n) is 7.91. The van der Waals surface area contributed by atoms with Gasteiger partial charge in [0.15, 0.2) is 0 Å². The summed E-state index contributed by atoms with van der Waals surface area (Å²) in [6.07, 6.45) is 2.03. The summed E-state index contributed by atoms with van der Waals surface area (Å²) in [6.45, 7) is 0.165. The number of benzene rings is 2. The second-order valence-electron chi connectivity index (χ2n) is 5.87. The molecule has 1 aromatic heterocycles. The van der Waals surface area contributed by atoms with E-state index in [1.807, 2.05) is 36.4 Å². The highest BCUT2D eigenvalue weighted by atomic mass is 32.1. The van der Waals surface area contributed by atoms with Crippen molar-refractivity contribution in [3.63, 3.8) is 0 Å². The lowest BCUT2D eigenvalue weighted by molar-refractivity contribution is 0.0953. The van der Waals surface area contributed by atoms with Crippen LogP contribution in [0.2, 0.25) is 0 Å².